The molecule has 3 rings (SSSR count). The summed E-state index contributed by atoms with van der Waals surface area (Å²) in [5.74, 6) is 0.124. The lowest BCUT2D eigenvalue weighted by molar-refractivity contribution is -0.385. The standard InChI is InChI=1S/C20H18ClN3O5/c1-11-5-6-14(9-16(11)21)23-20(25)15(12(2)22-23)7-13-8-18(28-3)19(29-4)10-17(13)24(26)27/h5-10H,1-4H3/b15-7-. The lowest BCUT2D eigenvalue weighted by Crippen LogP contribution is -2.21. The van der Waals surface area contributed by atoms with Crippen molar-refractivity contribution in [3.63, 3.8) is 0 Å². The normalized spacial score (nSPS) is 14.9. The molecule has 9 heteroatoms. The number of hydrazone groups is 1. The Kier molecular flexibility index (Phi) is 5.56. The largest absolute Gasteiger partial charge is 0.493 e. The van der Waals surface area contributed by atoms with Crippen LogP contribution in [0, 0.1) is 17.0 Å². The van der Waals surface area contributed by atoms with Crippen molar-refractivity contribution in [2.24, 2.45) is 5.10 Å². The molecule has 0 atom stereocenters. The van der Waals surface area contributed by atoms with E-state index < -0.39 is 10.8 Å². The second kappa shape index (κ2) is 7.92. The number of halogens is 1. The highest BCUT2D eigenvalue weighted by Gasteiger charge is 2.30. The van der Waals surface area contributed by atoms with Crippen molar-refractivity contribution in [1.29, 1.82) is 0 Å². The number of hydrogen-bond donors (Lipinski definition) is 0. The van der Waals surface area contributed by atoms with Crippen LogP contribution in [0.5, 0.6) is 11.5 Å². The zero-order chi connectivity index (χ0) is 21.3. The van der Waals surface area contributed by atoms with Gasteiger partial charge in [-0.3, -0.25) is 14.9 Å². The van der Waals surface area contributed by atoms with Crippen molar-refractivity contribution in [1.82, 2.24) is 0 Å². The molecule has 0 aliphatic carbocycles. The molecule has 0 unspecified atom stereocenters. The van der Waals surface area contributed by atoms with Gasteiger partial charge in [-0.05, 0) is 43.7 Å². The molecule has 1 heterocycles. The number of ether oxygens (including phenoxy) is 2. The van der Waals surface area contributed by atoms with Crippen molar-refractivity contribution >= 4 is 40.7 Å². The Hall–Kier alpha value is -3.39. The van der Waals surface area contributed by atoms with Gasteiger partial charge in [0.1, 0.15) is 0 Å². The lowest BCUT2D eigenvalue weighted by atomic mass is 10.0. The third kappa shape index (κ3) is 3.79. The molecule has 29 heavy (non-hydrogen) atoms. The van der Waals surface area contributed by atoms with Crippen LogP contribution < -0.4 is 14.5 Å². The third-order valence-electron chi connectivity index (χ3n) is 4.49. The SMILES string of the molecule is COc1cc(/C=C2\C(=O)N(c3ccc(C)c(Cl)c3)N=C2C)c([N+](=O)[O-])cc1OC. The van der Waals surface area contributed by atoms with Gasteiger partial charge in [-0.1, -0.05) is 17.7 Å². The van der Waals surface area contributed by atoms with E-state index in [1.54, 1.807) is 25.1 Å². The lowest BCUT2D eigenvalue weighted by Gasteiger charge is -2.13. The molecule has 1 aliphatic rings. The molecule has 150 valence electrons. The van der Waals surface area contributed by atoms with E-state index in [1.807, 2.05) is 6.92 Å². The van der Waals surface area contributed by atoms with Crippen LogP contribution in [0.25, 0.3) is 6.08 Å². The minimum absolute atomic E-state index is 0.203. The minimum atomic E-state index is -0.544. The molecule has 8 nitrogen and oxygen atoms in total. The molecule has 0 saturated carbocycles. The van der Waals surface area contributed by atoms with Gasteiger partial charge >= 0.3 is 0 Å². The first-order valence-corrected chi connectivity index (χ1v) is 8.93. The molecule has 1 amide bonds. The summed E-state index contributed by atoms with van der Waals surface area (Å²) in [6.07, 6.45) is 1.43. The van der Waals surface area contributed by atoms with Crippen LogP contribution in [0.2, 0.25) is 5.02 Å². The van der Waals surface area contributed by atoms with Gasteiger partial charge in [0, 0.05) is 5.02 Å². The molecule has 0 N–H and O–H groups in total. The van der Waals surface area contributed by atoms with E-state index in [4.69, 9.17) is 21.1 Å². The summed E-state index contributed by atoms with van der Waals surface area (Å²) in [7, 11) is 2.82. The predicted octanol–water partition coefficient (Wildman–Crippen LogP) is 4.38. The molecule has 0 aromatic heterocycles. The Labute approximate surface area is 172 Å². The Bertz CT molecular complexity index is 1080. The third-order valence-corrected chi connectivity index (χ3v) is 4.90. The number of nitrogens with zero attached hydrogens (tertiary/aromatic N) is 3. The van der Waals surface area contributed by atoms with Gasteiger partial charge in [-0.2, -0.15) is 10.1 Å². The molecular formula is C20H18ClN3O5. The first kappa shape index (κ1) is 20.3. The van der Waals surface area contributed by atoms with Crippen LogP contribution in [0.15, 0.2) is 41.0 Å². The number of rotatable bonds is 5. The molecular weight excluding hydrogens is 398 g/mol. The molecule has 2 aromatic rings. The van der Waals surface area contributed by atoms with E-state index in [0.29, 0.717) is 22.2 Å². The summed E-state index contributed by atoms with van der Waals surface area (Å²) >= 11 is 6.16. The Morgan fingerprint density at radius 2 is 1.79 bits per heavy atom. The summed E-state index contributed by atoms with van der Waals surface area (Å²) in [5, 5.41) is 17.5. The van der Waals surface area contributed by atoms with E-state index in [2.05, 4.69) is 5.10 Å². The second-order valence-electron chi connectivity index (χ2n) is 6.32. The highest BCUT2D eigenvalue weighted by molar-refractivity contribution is 6.33. The molecule has 0 fully saturated rings. The molecule has 0 radical (unpaired) electrons. The highest BCUT2D eigenvalue weighted by atomic mass is 35.5. The smallest absolute Gasteiger partial charge is 0.280 e. The van der Waals surface area contributed by atoms with Crippen molar-refractivity contribution in [2.45, 2.75) is 13.8 Å². The fourth-order valence-electron chi connectivity index (χ4n) is 2.89. The molecule has 2 aromatic carbocycles. The number of hydrogen-bond acceptors (Lipinski definition) is 6. The molecule has 0 saturated heterocycles. The monoisotopic (exact) mass is 415 g/mol. The van der Waals surface area contributed by atoms with Gasteiger partial charge in [0.25, 0.3) is 11.6 Å². The van der Waals surface area contributed by atoms with Gasteiger partial charge in [0.05, 0.1) is 47.7 Å². The Balaban J connectivity index is 2.07. The highest BCUT2D eigenvalue weighted by Crippen LogP contribution is 2.36. The summed E-state index contributed by atoms with van der Waals surface area (Å²) in [5.41, 5.74) is 2.03. The summed E-state index contributed by atoms with van der Waals surface area (Å²) in [6, 6.07) is 7.88. The summed E-state index contributed by atoms with van der Waals surface area (Å²) in [4.78, 5) is 23.9. The van der Waals surface area contributed by atoms with Crippen LogP contribution in [0.4, 0.5) is 11.4 Å². The quantitative estimate of drug-likeness (QED) is 0.410. The Morgan fingerprint density at radius 3 is 2.38 bits per heavy atom. The molecule has 1 aliphatic heterocycles. The van der Waals surface area contributed by atoms with E-state index in [9.17, 15) is 14.9 Å². The number of nitro benzene ring substituents is 1. The number of anilines is 1. The predicted molar refractivity (Wildman–Crippen MR) is 111 cm³/mol. The van der Waals surface area contributed by atoms with Crippen LogP contribution in [-0.4, -0.2) is 30.8 Å². The average Bonchev–Trinajstić information content (AvgIpc) is 2.97. The van der Waals surface area contributed by atoms with Gasteiger partial charge in [-0.15, -0.1) is 0 Å². The van der Waals surface area contributed by atoms with E-state index >= 15 is 0 Å². The number of nitro groups is 1. The van der Waals surface area contributed by atoms with Crippen molar-refractivity contribution in [3.05, 3.63) is 62.2 Å². The summed E-state index contributed by atoms with van der Waals surface area (Å²) in [6.45, 7) is 3.51. The van der Waals surface area contributed by atoms with Crippen molar-refractivity contribution < 1.29 is 19.2 Å². The maximum Gasteiger partial charge on any atom is 0.280 e. The number of carbonyl (C=O) groups excluding carboxylic acids is 1. The maximum absolute atomic E-state index is 12.9. The zero-order valence-electron chi connectivity index (χ0n) is 16.2. The minimum Gasteiger partial charge on any atom is -0.493 e. The van der Waals surface area contributed by atoms with Gasteiger partial charge in [0.2, 0.25) is 0 Å². The topological polar surface area (TPSA) is 94.3 Å². The average molecular weight is 416 g/mol. The number of aryl methyl sites for hydroxylation is 1. The van der Waals surface area contributed by atoms with Crippen molar-refractivity contribution in [3.8, 4) is 11.5 Å². The van der Waals surface area contributed by atoms with E-state index in [-0.39, 0.29) is 22.6 Å². The molecule has 0 spiro atoms. The zero-order valence-corrected chi connectivity index (χ0v) is 17.0. The first-order chi connectivity index (χ1) is 13.8. The van der Waals surface area contributed by atoms with Crippen LogP contribution >= 0.6 is 11.6 Å². The van der Waals surface area contributed by atoms with Crippen LogP contribution in [0.3, 0.4) is 0 Å². The number of carbonyl (C=O) groups is 1. The fraction of sp³-hybridized carbons (Fsp3) is 0.200. The van der Waals surface area contributed by atoms with Crippen LogP contribution in [0.1, 0.15) is 18.1 Å². The molecule has 0 bridgehead atoms. The Morgan fingerprint density at radius 1 is 1.14 bits per heavy atom. The maximum atomic E-state index is 12.9. The number of benzene rings is 2. The van der Waals surface area contributed by atoms with Crippen LogP contribution in [-0.2, 0) is 4.79 Å². The van der Waals surface area contributed by atoms with Gasteiger partial charge in [-0.25, -0.2) is 0 Å². The summed E-state index contributed by atoms with van der Waals surface area (Å²) < 4.78 is 10.4. The second-order valence-corrected chi connectivity index (χ2v) is 6.72. The fourth-order valence-corrected chi connectivity index (χ4v) is 3.06. The van der Waals surface area contributed by atoms with Gasteiger partial charge < -0.3 is 9.47 Å². The van der Waals surface area contributed by atoms with Crippen molar-refractivity contribution in [2.75, 3.05) is 19.2 Å². The first-order valence-electron chi connectivity index (χ1n) is 8.55. The van der Waals surface area contributed by atoms with E-state index in [1.165, 1.54) is 37.4 Å². The number of amides is 1. The van der Waals surface area contributed by atoms with Gasteiger partial charge in [0.15, 0.2) is 11.5 Å². The number of methoxy groups -OCH3 is 2. The van der Waals surface area contributed by atoms with E-state index in [0.717, 1.165) is 5.56 Å².